The first-order chi connectivity index (χ1) is 13.9. The predicted octanol–water partition coefficient (Wildman–Crippen LogP) is 3.98. The summed E-state index contributed by atoms with van der Waals surface area (Å²) in [6, 6.07) is 7.98. The summed E-state index contributed by atoms with van der Waals surface area (Å²) in [4.78, 5) is 30.4. The third-order valence-corrected chi connectivity index (χ3v) is 4.87. The Kier molecular flexibility index (Phi) is 6.69. The molecule has 1 aromatic heterocycles. The van der Waals surface area contributed by atoms with Gasteiger partial charge in [-0.3, -0.25) is 9.78 Å². The minimum atomic E-state index is -0.252. The number of ether oxygens (including phenoxy) is 1. The summed E-state index contributed by atoms with van der Waals surface area (Å²) in [6.45, 7) is 7.50. The molecule has 0 atom stereocenters. The number of carbonyl (C=O) groups excluding carboxylic acids is 2. The van der Waals surface area contributed by atoms with Crippen molar-refractivity contribution in [2.75, 3.05) is 30.3 Å². The standard InChI is InChI=1S/C22H28N4O3/c1-4-29-22(28)26-7-5-18(6-8-26)24-20-12-17(13-23-14-20)21(27)25-19-10-15(2)9-16(3)11-19/h9-14,18,24H,4-8H2,1-3H3,(H,25,27). The van der Waals surface area contributed by atoms with Gasteiger partial charge in [-0.15, -0.1) is 0 Å². The van der Waals surface area contributed by atoms with Crippen LogP contribution < -0.4 is 10.6 Å². The van der Waals surface area contributed by atoms with Crippen LogP contribution in [0.2, 0.25) is 0 Å². The highest BCUT2D eigenvalue weighted by Gasteiger charge is 2.23. The number of anilines is 2. The maximum Gasteiger partial charge on any atom is 0.409 e. The highest BCUT2D eigenvalue weighted by Crippen LogP contribution is 2.19. The molecular formula is C22H28N4O3. The zero-order valence-electron chi connectivity index (χ0n) is 17.2. The molecule has 1 aliphatic heterocycles. The second-order valence-corrected chi connectivity index (χ2v) is 7.40. The van der Waals surface area contributed by atoms with Crippen LogP contribution in [0.4, 0.5) is 16.2 Å². The van der Waals surface area contributed by atoms with Crippen molar-refractivity contribution >= 4 is 23.4 Å². The maximum atomic E-state index is 12.6. The number of benzene rings is 1. The smallest absolute Gasteiger partial charge is 0.409 e. The molecule has 29 heavy (non-hydrogen) atoms. The van der Waals surface area contributed by atoms with E-state index in [0.29, 0.717) is 25.3 Å². The van der Waals surface area contributed by atoms with E-state index in [-0.39, 0.29) is 18.0 Å². The average molecular weight is 396 g/mol. The number of nitrogens with zero attached hydrogens (tertiary/aromatic N) is 2. The van der Waals surface area contributed by atoms with Crippen molar-refractivity contribution in [3.05, 3.63) is 53.3 Å². The molecule has 2 heterocycles. The van der Waals surface area contributed by atoms with Crippen molar-refractivity contribution in [3.63, 3.8) is 0 Å². The lowest BCUT2D eigenvalue weighted by Crippen LogP contribution is -2.42. The highest BCUT2D eigenvalue weighted by atomic mass is 16.6. The number of pyridine rings is 1. The van der Waals surface area contributed by atoms with Crippen molar-refractivity contribution in [3.8, 4) is 0 Å². The third kappa shape index (κ3) is 5.70. The Morgan fingerprint density at radius 3 is 2.41 bits per heavy atom. The van der Waals surface area contributed by atoms with Gasteiger partial charge < -0.3 is 20.3 Å². The van der Waals surface area contributed by atoms with Crippen molar-refractivity contribution < 1.29 is 14.3 Å². The number of aryl methyl sites for hydroxylation is 2. The average Bonchev–Trinajstić information content (AvgIpc) is 2.68. The van der Waals surface area contributed by atoms with E-state index in [9.17, 15) is 9.59 Å². The van der Waals surface area contributed by atoms with Gasteiger partial charge in [-0.05, 0) is 62.9 Å². The van der Waals surface area contributed by atoms with Gasteiger partial charge in [0.1, 0.15) is 0 Å². The molecule has 1 saturated heterocycles. The molecule has 1 aromatic carbocycles. The third-order valence-electron chi connectivity index (χ3n) is 4.87. The molecule has 0 unspecified atom stereocenters. The Morgan fingerprint density at radius 2 is 1.76 bits per heavy atom. The molecule has 7 nitrogen and oxygen atoms in total. The van der Waals surface area contributed by atoms with Crippen LogP contribution in [0.15, 0.2) is 36.7 Å². The predicted molar refractivity (Wildman–Crippen MR) is 113 cm³/mol. The van der Waals surface area contributed by atoms with Gasteiger partial charge in [0.25, 0.3) is 5.91 Å². The summed E-state index contributed by atoms with van der Waals surface area (Å²) in [5.41, 5.74) is 4.27. The first-order valence-corrected chi connectivity index (χ1v) is 9.97. The fourth-order valence-corrected chi connectivity index (χ4v) is 3.55. The summed E-state index contributed by atoms with van der Waals surface area (Å²) in [5.74, 6) is -0.191. The quantitative estimate of drug-likeness (QED) is 0.799. The molecule has 0 bridgehead atoms. The van der Waals surface area contributed by atoms with Gasteiger partial charge in [0.05, 0.1) is 17.9 Å². The second kappa shape index (κ2) is 9.41. The molecule has 2 amide bonds. The van der Waals surface area contributed by atoms with Crippen molar-refractivity contribution in [2.24, 2.45) is 0 Å². The van der Waals surface area contributed by atoms with E-state index in [2.05, 4.69) is 21.7 Å². The number of piperidine rings is 1. The van der Waals surface area contributed by atoms with E-state index < -0.39 is 0 Å². The number of rotatable bonds is 5. The Labute approximate surface area is 171 Å². The van der Waals surface area contributed by atoms with Crippen LogP contribution in [0.3, 0.4) is 0 Å². The second-order valence-electron chi connectivity index (χ2n) is 7.40. The van der Waals surface area contributed by atoms with E-state index >= 15 is 0 Å². The van der Waals surface area contributed by atoms with Gasteiger partial charge in [0.2, 0.25) is 0 Å². The Balaban J connectivity index is 1.58. The molecule has 3 rings (SSSR count). The van der Waals surface area contributed by atoms with Gasteiger partial charge in [0, 0.05) is 37.2 Å². The Morgan fingerprint density at radius 1 is 1.07 bits per heavy atom. The first-order valence-electron chi connectivity index (χ1n) is 9.97. The van der Waals surface area contributed by atoms with E-state index in [4.69, 9.17) is 4.74 Å². The van der Waals surface area contributed by atoms with E-state index in [0.717, 1.165) is 35.3 Å². The van der Waals surface area contributed by atoms with Crippen molar-refractivity contribution in [2.45, 2.75) is 39.7 Å². The minimum absolute atomic E-state index is 0.191. The fourth-order valence-electron chi connectivity index (χ4n) is 3.55. The molecule has 2 N–H and O–H groups in total. The lowest BCUT2D eigenvalue weighted by atomic mass is 10.1. The Hall–Kier alpha value is -3.09. The SMILES string of the molecule is CCOC(=O)N1CCC(Nc2cncc(C(=O)Nc3cc(C)cc(C)c3)c2)CC1. The van der Waals surface area contributed by atoms with Gasteiger partial charge >= 0.3 is 6.09 Å². The number of amides is 2. The normalized spacial score (nSPS) is 14.4. The molecule has 0 aliphatic carbocycles. The van der Waals surface area contributed by atoms with E-state index in [1.54, 1.807) is 17.3 Å². The van der Waals surface area contributed by atoms with Crippen LogP contribution in [-0.2, 0) is 4.74 Å². The van der Waals surface area contributed by atoms with Crippen molar-refractivity contribution in [1.82, 2.24) is 9.88 Å². The summed E-state index contributed by atoms with van der Waals surface area (Å²) >= 11 is 0. The van der Waals surface area contributed by atoms with Gasteiger partial charge in [-0.2, -0.15) is 0 Å². The summed E-state index contributed by atoms with van der Waals surface area (Å²) in [7, 11) is 0. The lowest BCUT2D eigenvalue weighted by molar-refractivity contribution is 0.0981. The van der Waals surface area contributed by atoms with Crippen LogP contribution >= 0.6 is 0 Å². The zero-order valence-corrected chi connectivity index (χ0v) is 17.2. The van der Waals surface area contributed by atoms with Crippen LogP contribution in [0.25, 0.3) is 0 Å². The molecule has 7 heteroatoms. The van der Waals surface area contributed by atoms with Crippen LogP contribution in [0.1, 0.15) is 41.3 Å². The van der Waals surface area contributed by atoms with Gasteiger partial charge in [-0.1, -0.05) is 6.07 Å². The molecule has 0 saturated carbocycles. The van der Waals surface area contributed by atoms with E-state index in [1.165, 1.54) is 0 Å². The highest BCUT2D eigenvalue weighted by molar-refractivity contribution is 6.04. The van der Waals surface area contributed by atoms with Gasteiger partial charge in [-0.25, -0.2) is 4.79 Å². The molecule has 0 spiro atoms. The molecule has 2 aromatic rings. The number of hydrogen-bond donors (Lipinski definition) is 2. The molecule has 1 aliphatic rings. The van der Waals surface area contributed by atoms with Gasteiger partial charge in [0.15, 0.2) is 0 Å². The Bertz CT molecular complexity index is 856. The number of aromatic nitrogens is 1. The zero-order chi connectivity index (χ0) is 20.8. The number of hydrogen-bond acceptors (Lipinski definition) is 5. The van der Waals surface area contributed by atoms with Crippen LogP contribution in [0, 0.1) is 13.8 Å². The largest absolute Gasteiger partial charge is 0.450 e. The summed E-state index contributed by atoms with van der Waals surface area (Å²) in [6.07, 6.45) is 4.66. The number of carbonyl (C=O) groups is 2. The summed E-state index contributed by atoms with van der Waals surface area (Å²) in [5, 5.41) is 6.36. The number of nitrogens with one attached hydrogen (secondary N) is 2. The van der Waals surface area contributed by atoms with Crippen molar-refractivity contribution in [1.29, 1.82) is 0 Å². The maximum absolute atomic E-state index is 12.6. The topological polar surface area (TPSA) is 83.6 Å². The molecular weight excluding hydrogens is 368 g/mol. The molecule has 0 radical (unpaired) electrons. The number of likely N-dealkylation sites (tertiary alicyclic amines) is 1. The minimum Gasteiger partial charge on any atom is -0.450 e. The summed E-state index contributed by atoms with van der Waals surface area (Å²) < 4.78 is 5.05. The van der Waals surface area contributed by atoms with Crippen LogP contribution in [-0.4, -0.2) is 47.6 Å². The lowest BCUT2D eigenvalue weighted by Gasteiger charge is -2.32. The monoisotopic (exact) mass is 396 g/mol. The molecule has 1 fully saturated rings. The van der Waals surface area contributed by atoms with Crippen LogP contribution in [0.5, 0.6) is 0 Å². The molecule has 154 valence electrons. The van der Waals surface area contributed by atoms with E-state index in [1.807, 2.05) is 39.0 Å². The fraction of sp³-hybridized carbons (Fsp3) is 0.409. The first kappa shape index (κ1) is 20.6.